The minimum Gasteiger partial charge on any atom is -0.480 e. The molecule has 0 radical (unpaired) electrons. The fourth-order valence-corrected chi connectivity index (χ4v) is 4.70. The van der Waals surface area contributed by atoms with Crippen LogP contribution in [0.25, 0.3) is 11.1 Å². The molecule has 1 fully saturated rings. The minimum absolute atomic E-state index is 0.0460. The number of hydrogen-bond donors (Lipinski definition) is 2. The summed E-state index contributed by atoms with van der Waals surface area (Å²) in [7, 11) is 0. The highest BCUT2D eigenvalue weighted by Crippen LogP contribution is 2.44. The van der Waals surface area contributed by atoms with Gasteiger partial charge in [0.1, 0.15) is 12.1 Å². The van der Waals surface area contributed by atoms with Gasteiger partial charge in [0.05, 0.1) is 0 Å². The van der Waals surface area contributed by atoms with Gasteiger partial charge in [0.25, 0.3) is 0 Å². The van der Waals surface area contributed by atoms with E-state index in [9.17, 15) is 14.7 Å². The van der Waals surface area contributed by atoms with Crippen LogP contribution in [0.1, 0.15) is 43.2 Å². The Bertz CT molecular complexity index is 889. The normalized spacial score (nSPS) is 17.8. The molecule has 0 unspecified atom stereocenters. The number of ether oxygens (including phenoxy) is 1. The van der Waals surface area contributed by atoms with Gasteiger partial charge in [0.15, 0.2) is 0 Å². The molecule has 1 aliphatic carbocycles. The molecule has 6 heteroatoms. The lowest BCUT2D eigenvalue weighted by Crippen LogP contribution is -2.60. The van der Waals surface area contributed by atoms with E-state index < -0.39 is 17.6 Å². The highest BCUT2D eigenvalue weighted by molar-refractivity contribution is 5.84. The number of piperidine rings is 1. The average Bonchev–Trinajstić information content (AvgIpc) is 3.08. The van der Waals surface area contributed by atoms with Gasteiger partial charge in [-0.05, 0) is 48.1 Å². The number of carboxylic acids is 1. The van der Waals surface area contributed by atoms with Crippen LogP contribution in [0.3, 0.4) is 0 Å². The maximum absolute atomic E-state index is 12.6. The van der Waals surface area contributed by atoms with E-state index in [1.165, 1.54) is 0 Å². The predicted octanol–water partition coefficient (Wildman–Crippen LogP) is 3.85. The molecule has 2 aromatic rings. The van der Waals surface area contributed by atoms with Gasteiger partial charge in [-0.3, -0.25) is 0 Å². The van der Waals surface area contributed by atoms with Crippen LogP contribution >= 0.6 is 0 Å². The topological polar surface area (TPSA) is 78.9 Å². The number of fused-ring (bicyclic) bond motifs is 3. The van der Waals surface area contributed by atoms with Crippen LogP contribution in [0.2, 0.25) is 0 Å². The van der Waals surface area contributed by atoms with Crippen LogP contribution in [0, 0.1) is 0 Å². The molecule has 158 valence electrons. The monoisotopic (exact) mass is 408 g/mol. The molecule has 2 N–H and O–H groups in total. The molecule has 1 saturated heterocycles. The molecule has 0 atom stereocenters. The van der Waals surface area contributed by atoms with Gasteiger partial charge in [-0.1, -0.05) is 55.5 Å². The van der Waals surface area contributed by atoms with Gasteiger partial charge in [-0.2, -0.15) is 0 Å². The number of carbonyl (C=O) groups excluding carboxylic acids is 1. The molecule has 1 aliphatic heterocycles. The van der Waals surface area contributed by atoms with Crippen molar-refractivity contribution in [2.45, 2.75) is 37.6 Å². The molecular weight excluding hydrogens is 380 g/mol. The number of aliphatic carboxylic acids is 1. The van der Waals surface area contributed by atoms with Crippen molar-refractivity contribution in [3.63, 3.8) is 0 Å². The molecule has 2 aromatic carbocycles. The third-order valence-electron chi connectivity index (χ3n) is 6.34. The quantitative estimate of drug-likeness (QED) is 0.759. The first-order valence-corrected chi connectivity index (χ1v) is 10.6. The molecule has 0 saturated carbocycles. The van der Waals surface area contributed by atoms with Crippen molar-refractivity contribution in [3.05, 3.63) is 59.7 Å². The van der Waals surface area contributed by atoms with Crippen molar-refractivity contribution in [3.8, 4) is 11.1 Å². The summed E-state index contributed by atoms with van der Waals surface area (Å²) >= 11 is 0. The minimum atomic E-state index is -1.26. The molecule has 6 nitrogen and oxygen atoms in total. The number of rotatable bonds is 6. The first kappa shape index (κ1) is 20.4. The lowest BCUT2D eigenvalue weighted by molar-refractivity contribution is -0.146. The molecule has 1 heterocycles. The largest absolute Gasteiger partial charge is 0.480 e. The fraction of sp³-hybridized carbons (Fsp3) is 0.417. The number of nitrogens with one attached hydrogen (secondary N) is 1. The van der Waals surface area contributed by atoms with Gasteiger partial charge in [0.2, 0.25) is 0 Å². The van der Waals surface area contributed by atoms with Crippen LogP contribution in [0.5, 0.6) is 0 Å². The molecule has 4 rings (SSSR count). The zero-order chi connectivity index (χ0) is 21.1. The molecule has 0 spiro atoms. The van der Waals surface area contributed by atoms with E-state index in [4.69, 9.17) is 4.74 Å². The van der Waals surface area contributed by atoms with Crippen LogP contribution in [0.15, 0.2) is 48.5 Å². The number of carboxylic acid groups (broad SMARTS) is 1. The number of hydrogen-bond acceptors (Lipinski definition) is 4. The summed E-state index contributed by atoms with van der Waals surface area (Å²) in [6.07, 6.45) is 1.13. The van der Waals surface area contributed by atoms with Crippen molar-refractivity contribution in [2.75, 3.05) is 26.2 Å². The molecule has 30 heavy (non-hydrogen) atoms. The van der Waals surface area contributed by atoms with Gasteiger partial charge >= 0.3 is 12.1 Å². The highest BCUT2D eigenvalue weighted by atomic mass is 16.5. The summed E-state index contributed by atoms with van der Waals surface area (Å²) in [4.78, 5) is 26.8. The average molecular weight is 408 g/mol. The predicted molar refractivity (Wildman–Crippen MR) is 115 cm³/mol. The smallest absolute Gasteiger partial charge is 0.408 e. The van der Waals surface area contributed by atoms with E-state index >= 15 is 0 Å². The van der Waals surface area contributed by atoms with Gasteiger partial charge < -0.3 is 20.1 Å². The lowest BCUT2D eigenvalue weighted by Gasteiger charge is -2.38. The van der Waals surface area contributed by atoms with Crippen molar-refractivity contribution >= 4 is 12.1 Å². The number of nitrogens with zero attached hydrogens (tertiary/aromatic N) is 1. The van der Waals surface area contributed by atoms with E-state index in [0.717, 1.165) is 35.2 Å². The van der Waals surface area contributed by atoms with E-state index in [1.54, 1.807) is 0 Å². The first-order chi connectivity index (χ1) is 14.5. The zero-order valence-corrected chi connectivity index (χ0v) is 17.3. The molecule has 2 aliphatic rings. The third kappa shape index (κ3) is 3.79. The van der Waals surface area contributed by atoms with Crippen LogP contribution in [-0.4, -0.2) is 53.8 Å². The second-order valence-corrected chi connectivity index (χ2v) is 8.18. The Morgan fingerprint density at radius 1 is 1.07 bits per heavy atom. The summed E-state index contributed by atoms with van der Waals surface area (Å²) < 4.78 is 5.56. The Morgan fingerprint density at radius 2 is 1.63 bits per heavy atom. The number of likely N-dealkylation sites (tertiary alicyclic amines) is 1. The van der Waals surface area contributed by atoms with E-state index in [-0.39, 0.29) is 12.5 Å². The second kappa shape index (κ2) is 8.48. The highest BCUT2D eigenvalue weighted by Gasteiger charge is 2.43. The van der Waals surface area contributed by atoms with E-state index in [1.807, 2.05) is 24.3 Å². The Labute approximate surface area is 176 Å². The molecule has 0 aromatic heterocycles. The Hall–Kier alpha value is -2.86. The summed E-state index contributed by atoms with van der Waals surface area (Å²) in [5.74, 6) is -1.04. The summed E-state index contributed by atoms with van der Waals surface area (Å²) in [6, 6.07) is 16.3. The fourth-order valence-electron chi connectivity index (χ4n) is 4.70. The number of amides is 1. The van der Waals surface area contributed by atoms with Gasteiger partial charge in [-0.15, -0.1) is 0 Å². The summed E-state index contributed by atoms with van der Waals surface area (Å²) in [5, 5.41) is 12.5. The van der Waals surface area contributed by atoms with Crippen LogP contribution in [0.4, 0.5) is 4.79 Å². The zero-order valence-electron chi connectivity index (χ0n) is 17.3. The molecule has 0 bridgehead atoms. The standard InChI is InChI=1S/C24H28N2O4/c1-2-13-26-14-11-24(12-15-26,22(27)28)25-23(29)30-16-21-19-9-5-3-7-17(19)18-8-4-6-10-20(18)21/h3-10,21H,2,11-16H2,1H3,(H,25,29)(H,27,28). The second-order valence-electron chi connectivity index (χ2n) is 8.18. The number of carbonyl (C=O) groups is 2. The third-order valence-corrected chi connectivity index (χ3v) is 6.34. The molecule has 1 amide bonds. The van der Waals surface area contributed by atoms with E-state index in [2.05, 4.69) is 41.4 Å². The van der Waals surface area contributed by atoms with E-state index in [0.29, 0.717) is 25.9 Å². The first-order valence-electron chi connectivity index (χ1n) is 10.6. The van der Waals surface area contributed by atoms with Gasteiger partial charge in [-0.25, -0.2) is 9.59 Å². The number of alkyl carbamates (subject to hydrolysis) is 1. The van der Waals surface area contributed by atoms with Crippen LogP contribution < -0.4 is 5.32 Å². The van der Waals surface area contributed by atoms with Crippen molar-refractivity contribution in [1.29, 1.82) is 0 Å². The molecular formula is C24H28N2O4. The maximum atomic E-state index is 12.6. The number of benzene rings is 2. The van der Waals surface area contributed by atoms with Crippen molar-refractivity contribution < 1.29 is 19.4 Å². The van der Waals surface area contributed by atoms with Crippen molar-refractivity contribution in [2.24, 2.45) is 0 Å². The summed E-state index contributed by atoms with van der Waals surface area (Å²) in [6.45, 7) is 4.54. The summed E-state index contributed by atoms with van der Waals surface area (Å²) in [5.41, 5.74) is 3.33. The van der Waals surface area contributed by atoms with Gasteiger partial charge in [0, 0.05) is 19.0 Å². The maximum Gasteiger partial charge on any atom is 0.408 e. The lowest BCUT2D eigenvalue weighted by atomic mass is 9.87. The Morgan fingerprint density at radius 3 is 2.17 bits per heavy atom. The Kier molecular flexibility index (Phi) is 5.77. The van der Waals surface area contributed by atoms with Crippen LogP contribution in [-0.2, 0) is 9.53 Å². The Balaban J connectivity index is 1.43. The van der Waals surface area contributed by atoms with Crippen molar-refractivity contribution in [1.82, 2.24) is 10.2 Å². The SMILES string of the molecule is CCCN1CCC(NC(=O)OCC2c3ccccc3-c3ccccc32)(C(=O)O)CC1.